The van der Waals surface area contributed by atoms with Crippen LogP contribution in [0.25, 0.3) is 0 Å². The molecule has 0 saturated carbocycles. The molecule has 2 heterocycles. The Balaban J connectivity index is 1.33. The molecule has 1 aromatic heterocycles. The van der Waals surface area contributed by atoms with Crippen LogP contribution in [0.3, 0.4) is 0 Å². The maximum atomic E-state index is 13.0. The average molecular weight is 494 g/mol. The van der Waals surface area contributed by atoms with Crippen LogP contribution >= 0.6 is 11.3 Å². The van der Waals surface area contributed by atoms with Crippen LogP contribution in [-0.4, -0.2) is 53.0 Å². The molecule has 10 heteroatoms. The fourth-order valence-electron chi connectivity index (χ4n) is 3.91. The van der Waals surface area contributed by atoms with Crippen molar-refractivity contribution in [3.05, 3.63) is 69.7 Å². The molecule has 1 atom stereocenters. The standard InChI is InChI=1S/C25H27N5O4S/c1-16-6-3-4-7-17(16)14-26-21(31)18-8-5-13-30(15-18)25(33)24-29-28-23(35-24)22(32)27-19-9-11-20(34-2)12-10-19/h3-4,6-7,9-12,18H,5,8,13-15H2,1-2H3,(H,26,31)(H,27,32). The lowest BCUT2D eigenvalue weighted by Gasteiger charge is -2.31. The summed E-state index contributed by atoms with van der Waals surface area (Å²) in [5.74, 6) is -0.443. The predicted octanol–water partition coefficient (Wildman–Crippen LogP) is 3.28. The highest BCUT2D eigenvalue weighted by molar-refractivity contribution is 7.15. The number of ether oxygens (including phenoxy) is 1. The number of benzene rings is 2. The first-order valence-electron chi connectivity index (χ1n) is 11.3. The normalized spacial score (nSPS) is 15.4. The van der Waals surface area contributed by atoms with Gasteiger partial charge in [0, 0.05) is 25.3 Å². The van der Waals surface area contributed by atoms with Gasteiger partial charge >= 0.3 is 0 Å². The number of hydrogen-bond acceptors (Lipinski definition) is 7. The van der Waals surface area contributed by atoms with Crippen LogP contribution in [-0.2, 0) is 11.3 Å². The number of hydrogen-bond donors (Lipinski definition) is 2. The van der Waals surface area contributed by atoms with Gasteiger partial charge in [0.2, 0.25) is 15.9 Å². The summed E-state index contributed by atoms with van der Waals surface area (Å²) in [7, 11) is 1.57. The molecule has 9 nitrogen and oxygen atoms in total. The van der Waals surface area contributed by atoms with E-state index in [1.54, 1.807) is 36.3 Å². The van der Waals surface area contributed by atoms with E-state index in [0.29, 0.717) is 31.1 Å². The molecule has 1 saturated heterocycles. The Morgan fingerprint density at radius 3 is 2.57 bits per heavy atom. The van der Waals surface area contributed by atoms with E-state index in [1.165, 1.54) is 0 Å². The monoisotopic (exact) mass is 493 g/mol. The van der Waals surface area contributed by atoms with Crippen molar-refractivity contribution in [2.24, 2.45) is 5.92 Å². The van der Waals surface area contributed by atoms with Gasteiger partial charge in [-0.15, -0.1) is 10.2 Å². The lowest BCUT2D eigenvalue weighted by atomic mass is 9.97. The summed E-state index contributed by atoms with van der Waals surface area (Å²) in [4.78, 5) is 39.9. The highest BCUT2D eigenvalue weighted by Crippen LogP contribution is 2.22. The van der Waals surface area contributed by atoms with Gasteiger partial charge in [-0.25, -0.2) is 0 Å². The van der Waals surface area contributed by atoms with Gasteiger partial charge in [-0.2, -0.15) is 0 Å². The first-order chi connectivity index (χ1) is 16.9. The number of rotatable bonds is 7. The van der Waals surface area contributed by atoms with E-state index in [4.69, 9.17) is 4.74 Å². The molecule has 1 fully saturated rings. The topological polar surface area (TPSA) is 114 Å². The Bertz CT molecular complexity index is 1210. The smallest absolute Gasteiger partial charge is 0.286 e. The van der Waals surface area contributed by atoms with Crippen LogP contribution in [0.1, 0.15) is 43.6 Å². The molecule has 0 bridgehead atoms. The van der Waals surface area contributed by atoms with Crippen LogP contribution < -0.4 is 15.4 Å². The fourth-order valence-corrected chi connectivity index (χ4v) is 4.61. The number of piperidine rings is 1. The molecule has 4 rings (SSSR count). The first kappa shape index (κ1) is 24.3. The van der Waals surface area contributed by atoms with Crippen LogP contribution in [0.2, 0.25) is 0 Å². The van der Waals surface area contributed by atoms with Gasteiger partial charge < -0.3 is 20.3 Å². The van der Waals surface area contributed by atoms with E-state index in [1.807, 2.05) is 31.2 Å². The number of nitrogens with zero attached hydrogens (tertiary/aromatic N) is 3. The quantitative estimate of drug-likeness (QED) is 0.522. The Hall–Kier alpha value is -3.79. The molecule has 1 aliphatic heterocycles. The second-order valence-corrected chi connectivity index (χ2v) is 9.31. The molecule has 2 aromatic carbocycles. The molecule has 182 valence electrons. The number of carbonyl (C=O) groups is 3. The maximum Gasteiger partial charge on any atom is 0.286 e. The van der Waals surface area contributed by atoms with E-state index >= 15 is 0 Å². The first-order valence-corrected chi connectivity index (χ1v) is 12.2. The second-order valence-electron chi connectivity index (χ2n) is 8.33. The highest BCUT2D eigenvalue weighted by atomic mass is 32.1. The summed E-state index contributed by atoms with van der Waals surface area (Å²) < 4.78 is 5.11. The second kappa shape index (κ2) is 11.1. The van der Waals surface area contributed by atoms with E-state index in [2.05, 4.69) is 20.8 Å². The summed E-state index contributed by atoms with van der Waals surface area (Å²) >= 11 is 0.938. The van der Waals surface area contributed by atoms with Crippen LogP contribution in [0.4, 0.5) is 5.69 Å². The molecule has 1 aliphatic rings. The molecule has 1 unspecified atom stereocenters. The molecule has 0 spiro atoms. The predicted molar refractivity (Wildman–Crippen MR) is 133 cm³/mol. The van der Waals surface area contributed by atoms with E-state index < -0.39 is 5.91 Å². The van der Waals surface area contributed by atoms with Crippen molar-refractivity contribution in [1.82, 2.24) is 20.4 Å². The number of anilines is 1. The third-order valence-corrected chi connectivity index (χ3v) is 6.85. The third-order valence-electron chi connectivity index (χ3n) is 5.94. The molecule has 3 aromatic rings. The minimum Gasteiger partial charge on any atom is -0.497 e. The molecule has 0 aliphatic carbocycles. The lowest BCUT2D eigenvalue weighted by Crippen LogP contribution is -2.45. The molecular formula is C25H27N5O4S. The average Bonchev–Trinajstić information content (AvgIpc) is 3.39. The number of amides is 3. The van der Waals surface area contributed by atoms with Gasteiger partial charge in [0.15, 0.2) is 0 Å². The van der Waals surface area contributed by atoms with E-state index in [0.717, 1.165) is 35.3 Å². The molecular weight excluding hydrogens is 466 g/mol. The zero-order valence-electron chi connectivity index (χ0n) is 19.6. The number of methoxy groups -OCH3 is 1. The van der Waals surface area contributed by atoms with Crippen LogP contribution in [0.5, 0.6) is 5.75 Å². The van der Waals surface area contributed by atoms with Crippen molar-refractivity contribution in [1.29, 1.82) is 0 Å². The summed E-state index contributed by atoms with van der Waals surface area (Å²) in [5.41, 5.74) is 2.77. The van der Waals surface area contributed by atoms with Gasteiger partial charge in [0.1, 0.15) is 5.75 Å². The van der Waals surface area contributed by atoms with Crippen molar-refractivity contribution in [3.63, 3.8) is 0 Å². The number of carbonyl (C=O) groups excluding carboxylic acids is 3. The van der Waals surface area contributed by atoms with Crippen molar-refractivity contribution < 1.29 is 19.1 Å². The van der Waals surface area contributed by atoms with E-state index in [9.17, 15) is 14.4 Å². The largest absolute Gasteiger partial charge is 0.497 e. The van der Waals surface area contributed by atoms with E-state index in [-0.39, 0.29) is 27.7 Å². The molecule has 2 N–H and O–H groups in total. The maximum absolute atomic E-state index is 13.0. The molecule has 0 radical (unpaired) electrons. The zero-order chi connectivity index (χ0) is 24.8. The SMILES string of the molecule is COc1ccc(NC(=O)c2nnc(C(=O)N3CCCC(C(=O)NCc4ccccc4C)C3)s2)cc1. The summed E-state index contributed by atoms with van der Waals surface area (Å²) in [6.45, 7) is 3.31. The minimum absolute atomic E-state index is 0.0671. The summed E-state index contributed by atoms with van der Waals surface area (Å²) in [6, 6.07) is 14.8. The Morgan fingerprint density at radius 1 is 1.09 bits per heavy atom. The van der Waals surface area contributed by atoms with Crippen molar-refractivity contribution in [3.8, 4) is 5.75 Å². The van der Waals surface area contributed by atoms with Crippen molar-refractivity contribution in [2.75, 3.05) is 25.5 Å². The number of likely N-dealkylation sites (tertiary alicyclic amines) is 1. The van der Waals surface area contributed by atoms with Crippen LogP contribution in [0.15, 0.2) is 48.5 Å². The number of aromatic nitrogens is 2. The lowest BCUT2D eigenvalue weighted by molar-refractivity contribution is -0.126. The summed E-state index contributed by atoms with van der Waals surface area (Å²) in [5, 5.41) is 13.8. The van der Waals surface area contributed by atoms with Crippen molar-refractivity contribution >= 4 is 34.7 Å². The van der Waals surface area contributed by atoms with Gasteiger partial charge in [-0.1, -0.05) is 35.6 Å². The Labute approximate surface area is 207 Å². The third kappa shape index (κ3) is 6.02. The Kier molecular flexibility index (Phi) is 7.71. The van der Waals surface area contributed by atoms with Crippen LogP contribution in [0, 0.1) is 12.8 Å². The van der Waals surface area contributed by atoms with Gasteiger partial charge in [-0.3, -0.25) is 14.4 Å². The van der Waals surface area contributed by atoms with Gasteiger partial charge in [-0.05, 0) is 55.2 Å². The highest BCUT2D eigenvalue weighted by Gasteiger charge is 2.31. The Morgan fingerprint density at radius 2 is 1.83 bits per heavy atom. The number of aryl methyl sites for hydroxylation is 1. The van der Waals surface area contributed by atoms with Crippen molar-refractivity contribution in [2.45, 2.75) is 26.3 Å². The summed E-state index contributed by atoms with van der Waals surface area (Å²) in [6.07, 6.45) is 1.44. The zero-order valence-corrected chi connectivity index (χ0v) is 20.4. The molecule has 3 amide bonds. The number of nitrogens with one attached hydrogen (secondary N) is 2. The van der Waals surface area contributed by atoms with Gasteiger partial charge in [0.25, 0.3) is 11.8 Å². The van der Waals surface area contributed by atoms with Gasteiger partial charge in [0.05, 0.1) is 13.0 Å². The molecule has 35 heavy (non-hydrogen) atoms. The minimum atomic E-state index is -0.446. The fraction of sp³-hybridized carbons (Fsp3) is 0.320.